The van der Waals surface area contributed by atoms with Crippen molar-refractivity contribution in [2.45, 2.75) is 37.3 Å². The first-order valence-corrected chi connectivity index (χ1v) is 11.2. The van der Waals surface area contributed by atoms with Crippen molar-refractivity contribution < 1.29 is 22.7 Å². The molecule has 30 heavy (non-hydrogen) atoms. The van der Waals surface area contributed by atoms with Crippen LogP contribution in [0.1, 0.15) is 29.3 Å². The third-order valence-electron chi connectivity index (χ3n) is 5.13. The molecule has 2 aromatic carbocycles. The number of carbonyl (C=O) groups excluding carboxylic acids is 2. The summed E-state index contributed by atoms with van der Waals surface area (Å²) >= 11 is 5.88. The molecule has 1 heterocycles. The van der Waals surface area contributed by atoms with Crippen LogP contribution in [0.4, 0.5) is 4.79 Å². The minimum Gasteiger partial charge on any atom is -0.442 e. The molecule has 2 aromatic rings. The maximum Gasteiger partial charge on any atom is 0.424 e. The second-order valence-corrected chi connectivity index (χ2v) is 9.51. The van der Waals surface area contributed by atoms with Crippen molar-refractivity contribution in [3.8, 4) is 0 Å². The zero-order valence-electron chi connectivity index (χ0n) is 16.6. The summed E-state index contributed by atoms with van der Waals surface area (Å²) in [7, 11) is -4.21. The number of amides is 1. The minimum absolute atomic E-state index is 0.0408. The smallest absolute Gasteiger partial charge is 0.424 e. The van der Waals surface area contributed by atoms with Gasteiger partial charge < -0.3 is 4.74 Å². The average molecular weight is 448 g/mol. The van der Waals surface area contributed by atoms with Crippen LogP contribution in [0.2, 0.25) is 5.02 Å². The lowest BCUT2D eigenvalue weighted by molar-refractivity contribution is 0.0887. The van der Waals surface area contributed by atoms with E-state index in [2.05, 4.69) is 6.58 Å². The van der Waals surface area contributed by atoms with E-state index in [0.29, 0.717) is 14.9 Å². The number of ketones is 1. The Morgan fingerprint density at radius 3 is 2.37 bits per heavy atom. The topological polar surface area (TPSA) is 80.8 Å². The van der Waals surface area contributed by atoms with E-state index in [1.165, 1.54) is 12.1 Å². The molecule has 0 unspecified atom stereocenters. The van der Waals surface area contributed by atoms with Crippen molar-refractivity contribution >= 4 is 33.5 Å². The molecule has 8 heteroatoms. The quantitative estimate of drug-likeness (QED) is 0.457. The number of halogens is 1. The summed E-state index contributed by atoms with van der Waals surface area (Å²) in [6, 6.07) is 11.4. The number of cyclic esters (lactones) is 1. The van der Waals surface area contributed by atoms with Crippen LogP contribution in [0, 0.1) is 12.8 Å². The summed E-state index contributed by atoms with van der Waals surface area (Å²) in [5.41, 5.74) is 1.25. The van der Waals surface area contributed by atoms with Gasteiger partial charge in [0.2, 0.25) is 0 Å². The third-order valence-corrected chi connectivity index (χ3v) is 7.18. The number of nitrogens with zero attached hydrogens (tertiary/aromatic N) is 1. The number of rotatable bonds is 7. The fourth-order valence-corrected chi connectivity index (χ4v) is 4.97. The average Bonchev–Trinajstić information content (AvgIpc) is 3.04. The Bertz CT molecular complexity index is 1060. The van der Waals surface area contributed by atoms with Crippen molar-refractivity contribution in [2.24, 2.45) is 5.92 Å². The van der Waals surface area contributed by atoms with E-state index >= 15 is 0 Å². The van der Waals surface area contributed by atoms with Gasteiger partial charge in [0.1, 0.15) is 6.10 Å². The van der Waals surface area contributed by atoms with Gasteiger partial charge in [-0.2, -0.15) is 4.31 Å². The van der Waals surface area contributed by atoms with Gasteiger partial charge in [-0.05, 0) is 43.3 Å². The lowest BCUT2D eigenvalue weighted by atomic mass is 9.93. The highest BCUT2D eigenvalue weighted by atomic mass is 35.5. The van der Waals surface area contributed by atoms with Crippen molar-refractivity contribution in [3.05, 3.63) is 77.3 Å². The Hall–Kier alpha value is -2.64. The number of hydrogen-bond acceptors (Lipinski definition) is 5. The first-order chi connectivity index (χ1) is 14.1. The van der Waals surface area contributed by atoms with Gasteiger partial charge >= 0.3 is 6.09 Å². The molecule has 0 spiro atoms. The number of hydrogen-bond donors (Lipinski definition) is 0. The second kappa shape index (κ2) is 8.62. The Kier molecular flexibility index (Phi) is 6.33. The number of Topliss-reactive ketones (excluding diaryl/α,β-unsaturated/α-hetero) is 1. The van der Waals surface area contributed by atoms with Gasteiger partial charge in [-0.25, -0.2) is 13.2 Å². The second-order valence-electron chi connectivity index (χ2n) is 7.26. The summed E-state index contributed by atoms with van der Waals surface area (Å²) in [6.07, 6.45) is -0.476. The normalized spacial score (nSPS) is 20.0. The third kappa shape index (κ3) is 4.27. The van der Waals surface area contributed by atoms with E-state index in [-0.39, 0.29) is 23.0 Å². The lowest BCUT2D eigenvalue weighted by Gasteiger charge is -2.25. The van der Waals surface area contributed by atoms with E-state index in [1.807, 2.05) is 6.92 Å². The summed E-state index contributed by atoms with van der Waals surface area (Å²) in [5, 5.41) is 0.479. The Labute approximate surface area is 181 Å². The number of ether oxygens (including phenoxy) is 1. The molecule has 0 aromatic heterocycles. The Morgan fingerprint density at radius 1 is 1.20 bits per heavy atom. The predicted octanol–water partition coefficient (Wildman–Crippen LogP) is 4.62. The molecule has 1 aliphatic heterocycles. The van der Waals surface area contributed by atoms with Crippen LogP contribution in [-0.2, 0) is 14.8 Å². The summed E-state index contributed by atoms with van der Waals surface area (Å²) in [4.78, 5) is 25.5. The highest BCUT2D eigenvalue weighted by Gasteiger charge is 2.50. The molecule has 6 nitrogen and oxygen atoms in total. The van der Waals surface area contributed by atoms with Crippen molar-refractivity contribution in [3.63, 3.8) is 0 Å². The minimum atomic E-state index is -4.21. The zero-order valence-corrected chi connectivity index (χ0v) is 18.2. The van der Waals surface area contributed by atoms with E-state index in [1.54, 1.807) is 49.4 Å². The van der Waals surface area contributed by atoms with E-state index in [0.717, 1.165) is 5.56 Å². The van der Waals surface area contributed by atoms with Gasteiger partial charge in [0.05, 0.1) is 10.9 Å². The van der Waals surface area contributed by atoms with Crippen LogP contribution in [0.5, 0.6) is 0 Å². The molecule has 3 atom stereocenters. The first kappa shape index (κ1) is 22.1. The van der Waals surface area contributed by atoms with Crippen molar-refractivity contribution in [1.82, 2.24) is 4.31 Å². The molecular weight excluding hydrogens is 426 g/mol. The van der Waals surface area contributed by atoms with E-state index in [9.17, 15) is 18.0 Å². The van der Waals surface area contributed by atoms with Crippen LogP contribution in [0.3, 0.4) is 0 Å². The maximum absolute atomic E-state index is 13.3. The SMILES string of the molecule is C=C[C@@H](C)[C@@H]1OC(=O)N(S(=O)(=O)c2ccc(C)cc2)[C@@H]1CC(=O)c1ccc(Cl)cc1. The lowest BCUT2D eigenvalue weighted by Crippen LogP contribution is -2.43. The fourth-order valence-electron chi connectivity index (χ4n) is 3.35. The van der Waals surface area contributed by atoms with Gasteiger partial charge in [0.25, 0.3) is 10.0 Å². The molecule has 0 N–H and O–H groups in total. The molecule has 0 aliphatic carbocycles. The molecule has 3 rings (SSSR count). The maximum atomic E-state index is 13.3. The molecule has 1 fully saturated rings. The van der Waals surface area contributed by atoms with Crippen LogP contribution in [0.25, 0.3) is 0 Å². The molecular formula is C22H22ClNO5S. The predicted molar refractivity (Wildman–Crippen MR) is 114 cm³/mol. The van der Waals surface area contributed by atoms with E-state index in [4.69, 9.17) is 16.3 Å². The Morgan fingerprint density at radius 2 is 1.80 bits per heavy atom. The molecule has 158 valence electrons. The van der Waals surface area contributed by atoms with Crippen molar-refractivity contribution in [2.75, 3.05) is 0 Å². The van der Waals surface area contributed by atoms with Gasteiger partial charge in [-0.3, -0.25) is 4.79 Å². The molecule has 0 saturated carbocycles. The van der Waals surface area contributed by atoms with Gasteiger partial charge in [0.15, 0.2) is 5.78 Å². The first-order valence-electron chi connectivity index (χ1n) is 9.38. The summed E-state index contributed by atoms with van der Waals surface area (Å²) in [6.45, 7) is 7.29. The van der Waals surface area contributed by atoms with Crippen LogP contribution in [-0.4, -0.2) is 36.7 Å². The molecule has 1 aliphatic rings. The van der Waals surface area contributed by atoms with Gasteiger partial charge in [-0.15, -0.1) is 6.58 Å². The van der Waals surface area contributed by atoms with Gasteiger partial charge in [0, 0.05) is 22.9 Å². The van der Waals surface area contributed by atoms with Crippen LogP contribution >= 0.6 is 11.6 Å². The number of benzene rings is 2. The molecule has 0 radical (unpaired) electrons. The number of carbonyl (C=O) groups is 2. The number of aryl methyl sites for hydroxylation is 1. The zero-order chi connectivity index (χ0) is 22.1. The van der Waals surface area contributed by atoms with Crippen LogP contribution in [0.15, 0.2) is 66.1 Å². The molecule has 1 saturated heterocycles. The van der Waals surface area contributed by atoms with Gasteiger partial charge in [-0.1, -0.05) is 42.3 Å². The van der Waals surface area contributed by atoms with E-state index < -0.39 is 28.3 Å². The summed E-state index contributed by atoms with van der Waals surface area (Å²) in [5.74, 6) is -0.671. The molecule has 0 bridgehead atoms. The molecule has 1 amide bonds. The van der Waals surface area contributed by atoms with Crippen molar-refractivity contribution in [1.29, 1.82) is 0 Å². The summed E-state index contributed by atoms with van der Waals surface area (Å²) < 4.78 is 32.6. The fraction of sp³-hybridized carbons (Fsp3) is 0.273. The Balaban J connectivity index is 1.99. The highest BCUT2D eigenvalue weighted by molar-refractivity contribution is 7.89. The monoisotopic (exact) mass is 447 g/mol. The standard InChI is InChI=1S/C22H22ClNO5S/c1-4-15(3)21-19(13-20(25)16-7-9-17(23)10-8-16)24(22(26)29-21)30(27,28)18-11-5-14(2)6-12-18/h4-12,15,19,21H,1,13H2,2-3H3/t15-,19-,21+/m1/s1. The highest BCUT2D eigenvalue weighted by Crippen LogP contribution is 2.34. The largest absolute Gasteiger partial charge is 0.442 e. The van der Waals surface area contributed by atoms with Crippen LogP contribution < -0.4 is 0 Å². The number of sulfonamides is 1.